The quantitative estimate of drug-likeness (QED) is 0.408. The summed E-state index contributed by atoms with van der Waals surface area (Å²) in [5.74, 6) is -0.244. The smallest absolute Gasteiger partial charge is 0.253 e. The molecule has 5 nitrogen and oxygen atoms in total. The zero-order valence-corrected chi connectivity index (χ0v) is 19.2. The summed E-state index contributed by atoms with van der Waals surface area (Å²) in [4.78, 5) is 27.0. The van der Waals surface area contributed by atoms with Crippen molar-refractivity contribution in [3.8, 4) is 0 Å². The van der Waals surface area contributed by atoms with E-state index in [9.17, 15) is 9.59 Å². The summed E-state index contributed by atoms with van der Waals surface area (Å²) >= 11 is 5.27. The molecule has 1 aliphatic heterocycles. The second-order valence-corrected chi connectivity index (χ2v) is 8.54. The predicted octanol–water partition coefficient (Wildman–Crippen LogP) is 5.38. The Morgan fingerprint density at radius 1 is 0.848 bits per heavy atom. The third kappa shape index (κ3) is 6.05. The normalized spacial score (nSPS) is 14.1. The Labute approximate surface area is 199 Å². The molecule has 0 unspecified atom stereocenters. The van der Waals surface area contributed by atoms with Crippen molar-refractivity contribution in [1.29, 1.82) is 0 Å². The van der Waals surface area contributed by atoms with Gasteiger partial charge >= 0.3 is 0 Å². The molecule has 3 aromatic carbocycles. The molecule has 0 radical (unpaired) electrons. The van der Waals surface area contributed by atoms with Gasteiger partial charge in [-0.1, -0.05) is 55.3 Å². The van der Waals surface area contributed by atoms with Crippen LogP contribution in [0.4, 0.5) is 5.69 Å². The molecule has 2 N–H and O–H groups in total. The molecule has 0 spiro atoms. The molecule has 0 aliphatic carbocycles. The first-order valence-electron chi connectivity index (χ1n) is 11.3. The fraction of sp³-hybridized carbons (Fsp3) is 0.222. The zero-order chi connectivity index (χ0) is 23.0. The maximum atomic E-state index is 12.7. The second kappa shape index (κ2) is 10.9. The first kappa shape index (κ1) is 22.7. The van der Waals surface area contributed by atoms with E-state index in [1.165, 1.54) is 18.9 Å². The first-order chi connectivity index (χ1) is 16.1. The molecule has 0 bridgehead atoms. The topological polar surface area (TPSA) is 61.4 Å². The number of anilines is 1. The molecule has 0 saturated carbocycles. The van der Waals surface area contributed by atoms with Crippen molar-refractivity contribution >= 4 is 51.7 Å². The zero-order valence-electron chi connectivity index (χ0n) is 18.4. The lowest BCUT2D eigenvalue weighted by Crippen LogP contribution is -2.33. The summed E-state index contributed by atoms with van der Waals surface area (Å²) in [6.45, 7) is 1.64. The molecular formula is C27H27N3O2S. The number of thiocarbonyl (C=S) groups is 1. The third-order valence-corrected chi connectivity index (χ3v) is 5.96. The maximum Gasteiger partial charge on any atom is 0.253 e. The van der Waals surface area contributed by atoms with Crippen LogP contribution in [0.2, 0.25) is 0 Å². The summed E-state index contributed by atoms with van der Waals surface area (Å²) in [6, 6.07) is 21.2. The number of rotatable bonds is 4. The number of benzene rings is 3. The fourth-order valence-electron chi connectivity index (χ4n) is 4.03. The number of amides is 2. The minimum Gasteiger partial charge on any atom is -0.339 e. The number of carbonyl (C=O) groups excluding carboxylic acids is 2. The van der Waals surface area contributed by atoms with Gasteiger partial charge in [-0.25, -0.2) is 0 Å². The van der Waals surface area contributed by atoms with Gasteiger partial charge in [0.1, 0.15) is 0 Å². The molecule has 0 aromatic heterocycles. The molecule has 2 amide bonds. The van der Waals surface area contributed by atoms with Gasteiger partial charge in [0, 0.05) is 30.4 Å². The Morgan fingerprint density at radius 2 is 1.55 bits per heavy atom. The molecule has 1 saturated heterocycles. The number of nitrogens with zero attached hydrogens (tertiary/aromatic N) is 1. The van der Waals surface area contributed by atoms with Gasteiger partial charge in [0.25, 0.3) is 5.91 Å². The van der Waals surface area contributed by atoms with Crippen LogP contribution in [-0.2, 0) is 4.79 Å². The average Bonchev–Trinajstić information content (AvgIpc) is 3.12. The van der Waals surface area contributed by atoms with E-state index in [1.54, 1.807) is 30.3 Å². The summed E-state index contributed by atoms with van der Waals surface area (Å²) in [5, 5.41) is 8.07. The summed E-state index contributed by atoms with van der Waals surface area (Å²) in [7, 11) is 0. The van der Waals surface area contributed by atoms with Gasteiger partial charge in [0.2, 0.25) is 5.91 Å². The SMILES string of the molecule is O=C(/C=C/c1cccc2ccccc12)NC(=S)Nc1ccc(C(=O)N2CCCCCC2)cc1. The number of hydrogen-bond acceptors (Lipinski definition) is 3. The number of nitrogens with one attached hydrogen (secondary N) is 2. The van der Waals surface area contributed by atoms with Crippen molar-refractivity contribution in [3.63, 3.8) is 0 Å². The van der Waals surface area contributed by atoms with Gasteiger partial charge in [0.15, 0.2) is 5.11 Å². The van der Waals surface area contributed by atoms with Gasteiger partial charge in [-0.15, -0.1) is 0 Å². The fourth-order valence-corrected chi connectivity index (χ4v) is 4.25. The largest absolute Gasteiger partial charge is 0.339 e. The molecule has 168 valence electrons. The van der Waals surface area contributed by atoms with E-state index in [1.807, 2.05) is 47.4 Å². The molecule has 1 heterocycles. The molecule has 0 atom stereocenters. The van der Waals surface area contributed by atoms with Crippen LogP contribution in [0.5, 0.6) is 0 Å². The highest BCUT2D eigenvalue weighted by molar-refractivity contribution is 7.80. The highest BCUT2D eigenvalue weighted by atomic mass is 32.1. The number of carbonyl (C=O) groups is 2. The van der Waals surface area contributed by atoms with Gasteiger partial charge in [-0.05, 0) is 71.7 Å². The Morgan fingerprint density at radius 3 is 2.30 bits per heavy atom. The minimum atomic E-state index is -0.312. The van der Waals surface area contributed by atoms with Crippen molar-refractivity contribution in [2.24, 2.45) is 0 Å². The van der Waals surface area contributed by atoms with Gasteiger partial charge in [-0.2, -0.15) is 0 Å². The molecule has 3 aromatic rings. The molecule has 6 heteroatoms. The van der Waals surface area contributed by atoms with Crippen LogP contribution in [0.25, 0.3) is 16.8 Å². The van der Waals surface area contributed by atoms with Gasteiger partial charge in [-0.3, -0.25) is 14.9 Å². The standard InChI is InChI=1S/C27H27N3O2S/c31-25(17-14-21-10-7-9-20-8-3-4-11-24(20)21)29-27(33)28-23-15-12-22(13-16-23)26(32)30-18-5-1-2-6-19-30/h3-4,7-17H,1-2,5-6,18-19H2,(H2,28,29,31,33)/b17-14+. The third-order valence-electron chi connectivity index (χ3n) is 5.76. The van der Waals surface area contributed by atoms with Crippen LogP contribution < -0.4 is 10.6 Å². The Kier molecular flexibility index (Phi) is 7.47. The van der Waals surface area contributed by atoms with Gasteiger partial charge in [0.05, 0.1) is 0 Å². The summed E-state index contributed by atoms with van der Waals surface area (Å²) in [6.07, 6.45) is 7.75. The van der Waals surface area contributed by atoms with Crippen LogP contribution in [-0.4, -0.2) is 34.9 Å². The van der Waals surface area contributed by atoms with E-state index in [4.69, 9.17) is 12.2 Å². The van der Waals surface area contributed by atoms with Crippen LogP contribution in [0.1, 0.15) is 41.6 Å². The molecular weight excluding hydrogens is 430 g/mol. The lowest BCUT2D eigenvalue weighted by molar-refractivity contribution is -0.115. The van der Waals surface area contributed by atoms with E-state index in [0.717, 1.165) is 42.3 Å². The van der Waals surface area contributed by atoms with E-state index >= 15 is 0 Å². The minimum absolute atomic E-state index is 0.0675. The number of hydrogen-bond donors (Lipinski definition) is 2. The number of likely N-dealkylation sites (tertiary alicyclic amines) is 1. The van der Waals surface area contributed by atoms with Crippen LogP contribution >= 0.6 is 12.2 Å². The average molecular weight is 458 g/mol. The Bertz CT molecular complexity index is 1170. The molecule has 4 rings (SSSR count). The second-order valence-electron chi connectivity index (χ2n) is 8.13. The summed E-state index contributed by atoms with van der Waals surface area (Å²) in [5.41, 5.74) is 2.34. The van der Waals surface area contributed by atoms with E-state index in [2.05, 4.69) is 10.6 Å². The highest BCUT2D eigenvalue weighted by Gasteiger charge is 2.17. The van der Waals surface area contributed by atoms with Crippen molar-refractivity contribution < 1.29 is 9.59 Å². The highest BCUT2D eigenvalue weighted by Crippen LogP contribution is 2.19. The van der Waals surface area contributed by atoms with E-state index in [0.29, 0.717) is 11.3 Å². The molecule has 1 aliphatic rings. The lowest BCUT2D eigenvalue weighted by atomic mass is 10.0. The van der Waals surface area contributed by atoms with Crippen molar-refractivity contribution in [3.05, 3.63) is 83.9 Å². The lowest BCUT2D eigenvalue weighted by Gasteiger charge is -2.20. The van der Waals surface area contributed by atoms with Crippen molar-refractivity contribution in [2.45, 2.75) is 25.7 Å². The van der Waals surface area contributed by atoms with Crippen molar-refractivity contribution in [2.75, 3.05) is 18.4 Å². The Hall–Kier alpha value is -3.51. The Balaban J connectivity index is 1.32. The van der Waals surface area contributed by atoms with E-state index in [-0.39, 0.29) is 16.9 Å². The van der Waals surface area contributed by atoms with E-state index < -0.39 is 0 Å². The maximum absolute atomic E-state index is 12.7. The summed E-state index contributed by atoms with van der Waals surface area (Å²) < 4.78 is 0. The van der Waals surface area contributed by atoms with Gasteiger partial charge < -0.3 is 10.2 Å². The van der Waals surface area contributed by atoms with Crippen LogP contribution in [0.15, 0.2) is 72.8 Å². The molecule has 1 fully saturated rings. The predicted molar refractivity (Wildman–Crippen MR) is 138 cm³/mol. The number of fused-ring (bicyclic) bond motifs is 1. The molecule has 33 heavy (non-hydrogen) atoms. The van der Waals surface area contributed by atoms with Crippen molar-refractivity contribution in [1.82, 2.24) is 10.2 Å². The van der Waals surface area contributed by atoms with Crippen LogP contribution in [0, 0.1) is 0 Å². The monoisotopic (exact) mass is 457 g/mol. The van der Waals surface area contributed by atoms with Crippen LogP contribution in [0.3, 0.4) is 0 Å². The first-order valence-corrected chi connectivity index (χ1v) is 11.7.